The average Bonchev–Trinajstić information content (AvgIpc) is 2.80. The fourth-order valence-corrected chi connectivity index (χ4v) is 5.80. The second kappa shape index (κ2) is 9.40. The minimum atomic E-state index is 0.172. The molecule has 0 unspecified atom stereocenters. The van der Waals surface area contributed by atoms with E-state index in [1.54, 1.807) is 0 Å². The first-order valence-electron chi connectivity index (χ1n) is 12.3. The molecule has 0 saturated carbocycles. The molecule has 2 aliphatic heterocycles. The molecule has 1 saturated heterocycles. The highest BCUT2D eigenvalue weighted by molar-refractivity contribution is 5.66. The second-order valence-electron chi connectivity index (χ2n) is 10.5. The van der Waals surface area contributed by atoms with Crippen molar-refractivity contribution >= 4 is 5.69 Å². The molecule has 3 heterocycles. The van der Waals surface area contributed by atoms with Crippen molar-refractivity contribution in [1.29, 1.82) is 0 Å². The average molecular weight is 457 g/mol. The first kappa shape index (κ1) is 22.9. The van der Waals surface area contributed by atoms with Gasteiger partial charge >= 0.3 is 0 Å². The van der Waals surface area contributed by atoms with Crippen LogP contribution in [0.1, 0.15) is 29.2 Å². The lowest BCUT2D eigenvalue weighted by Crippen LogP contribution is -2.46. The van der Waals surface area contributed by atoms with Gasteiger partial charge in [0.15, 0.2) is 0 Å². The minimum Gasteiger partial charge on any atom is -0.378 e. The third kappa shape index (κ3) is 4.55. The SMILES string of the molecule is CN(C)Cc1ccccc1-c1ccc2n(c1=O)C[C@H]1C[C@@H]2CN(Cc2ccc(N(C)C)cc2)C1. The van der Waals surface area contributed by atoms with Crippen LogP contribution in [0.25, 0.3) is 11.1 Å². The van der Waals surface area contributed by atoms with Gasteiger partial charge in [-0.25, -0.2) is 0 Å². The van der Waals surface area contributed by atoms with Gasteiger partial charge in [0.25, 0.3) is 5.56 Å². The van der Waals surface area contributed by atoms with Gasteiger partial charge in [0.2, 0.25) is 0 Å². The van der Waals surface area contributed by atoms with Crippen molar-refractivity contribution in [2.45, 2.75) is 32.0 Å². The third-order valence-electron chi connectivity index (χ3n) is 7.33. The maximum absolute atomic E-state index is 13.7. The van der Waals surface area contributed by atoms with Gasteiger partial charge in [-0.3, -0.25) is 9.69 Å². The molecule has 2 aromatic carbocycles. The number of pyridine rings is 1. The summed E-state index contributed by atoms with van der Waals surface area (Å²) in [5.41, 5.74) is 7.07. The lowest BCUT2D eigenvalue weighted by Gasteiger charge is -2.43. The molecular weight excluding hydrogens is 420 g/mol. The molecule has 3 aromatic rings. The molecule has 0 N–H and O–H groups in total. The molecule has 0 aliphatic carbocycles. The number of hydrogen-bond acceptors (Lipinski definition) is 4. The Bertz CT molecular complexity index is 1210. The van der Waals surface area contributed by atoms with Gasteiger partial charge in [0, 0.05) is 69.7 Å². The van der Waals surface area contributed by atoms with Crippen molar-refractivity contribution in [1.82, 2.24) is 14.4 Å². The Kier molecular flexibility index (Phi) is 6.32. The van der Waals surface area contributed by atoms with Crippen LogP contribution in [-0.2, 0) is 19.6 Å². The van der Waals surface area contributed by atoms with Crippen LogP contribution in [0, 0.1) is 5.92 Å². The summed E-state index contributed by atoms with van der Waals surface area (Å²) >= 11 is 0. The number of anilines is 1. The Balaban J connectivity index is 1.39. The molecule has 0 amide bonds. The zero-order chi connectivity index (χ0) is 23.8. The van der Waals surface area contributed by atoms with Crippen molar-refractivity contribution in [3.05, 3.63) is 87.8 Å². The number of hydrogen-bond donors (Lipinski definition) is 0. The topological polar surface area (TPSA) is 31.7 Å². The molecule has 1 fully saturated rings. The highest BCUT2D eigenvalue weighted by Crippen LogP contribution is 2.36. The number of fused-ring (bicyclic) bond motifs is 4. The number of piperidine rings is 1. The number of benzene rings is 2. The van der Waals surface area contributed by atoms with E-state index in [4.69, 9.17) is 0 Å². The van der Waals surface area contributed by atoms with Crippen LogP contribution in [0.2, 0.25) is 0 Å². The van der Waals surface area contributed by atoms with E-state index in [2.05, 4.69) is 102 Å². The molecule has 0 radical (unpaired) electrons. The summed E-state index contributed by atoms with van der Waals surface area (Å²) in [6.07, 6.45) is 1.19. The number of rotatable bonds is 6. The summed E-state index contributed by atoms with van der Waals surface area (Å²) in [5.74, 6) is 0.949. The predicted octanol–water partition coefficient (Wildman–Crippen LogP) is 4.26. The zero-order valence-corrected chi connectivity index (χ0v) is 20.9. The van der Waals surface area contributed by atoms with Crippen LogP contribution >= 0.6 is 0 Å². The molecule has 178 valence electrons. The quantitative estimate of drug-likeness (QED) is 0.555. The summed E-state index contributed by atoms with van der Waals surface area (Å²) in [4.78, 5) is 20.5. The van der Waals surface area contributed by atoms with Gasteiger partial charge in [-0.2, -0.15) is 0 Å². The Hall–Kier alpha value is -2.89. The van der Waals surface area contributed by atoms with Gasteiger partial charge in [-0.05, 0) is 67.4 Å². The third-order valence-corrected chi connectivity index (χ3v) is 7.33. The summed E-state index contributed by atoms with van der Waals surface area (Å²) < 4.78 is 2.09. The fourth-order valence-electron chi connectivity index (χ4n) is 5.80. The van der Waals surface area contributed by atoms with E-state index < -0.39 is 0 Å². The summed E-state index contributed by atoms with van der Waals surface area (Å²) in [7, 11) is 8.29. The van der Waals surface area contributed by atoms with E-state index in [0.29, 0.717) is 11.8 Å². The van der Waals surface area contributed by atoms with Gasteiger partial charge < -0.3 is 14.4 Å². The van der Waals surface area contributed by atoms with Gasteiger partial charge in [0.1, 0.15) is 0 Å². The normalized spacial score (nSPS) is 19.8. The highest BCUT2D eigenvalue weighted by atomic mass is 16.1. The molecule has 2 bridgehead atoms. The van der Waals surface area contributed by atoms with Crippen molar-refractivity contribution in [2.75, 3.05) is 46.2 Å². The number of likely N-dealkylation sites (tertiary alicyclic amines) is 1. The lowest BCUT2D eigenvalue weighted by molar-refractivity contribution is 0.114. The molecular formula is C29H36N4O. The Labute approximate surface area is 203 Å². The predicted molar refractivity (Wildman–Crippen MR) is 140 cm³/mol. The highest BCUT2D eigenvalue weighted by Gasteiger charge is 2.35. The standard InChI is InChI=1S/C29H36N4O/c1-30(2)19-23-7-5-6-8-26(23)27-13-14-28-24-15-22(18-33(28)29(27)34)17-32(20-24)16-21-9-11-25(12-10-21)31(3)4/h5-14,22,24H,15-20H2,1-4H3/t22-,24+/m0/s1. The van der Waals surface area contributed by atoms with Gasteiger partial charge in [0.05, 0.1) is 0 Å². The molecule has 2 aliphatic rings. The van der Waals surface area contributed by atoms with Crippen LogP contribution in [0.5, 0.6) is 0 Å². The van der Waals surface area contributed by atoms with E-state index in [0.717, 1.165) is 43.9 Å². The van der Waals surface area contributed by atoms with Crippen molar-refractivity contribution < 1.29 is 0 Å². The first-order chi connectivity index (χ1) is 16.4. The van der Waals surface area contributed by atoms with Crippen molar-refractivity contribution in [2.24, 2.45) is 5.92 Å². The van der Waals surface area contributed by atoms with E-state index >= 15 is 0 Å². The zero-order valence-electron chi connectivity index (χ0n) is 20.9. The summed E-state index contributed by atoms with van der Waals surface area (Å²) in [6, 6.07) is 21.5. The molecule has 2 atom stereocenters. The lowest BCUT2D eigenvalue weighted by atomic mass is 9.82. The van der Waals surface area contributed by atoms with Crippen molar-refractivity contribution in [3.8, 4) is 11.1 Å². The molecule has 5 heteroatoms. The first-order valence-corrected chi connectivity index (χ1v) is 12.3. The molecule has 0 spiro atoms. The Morgan fingerprint density at radius 3 is 2.35 bits per heavy atom. The van der Waals surface area contributed by atoms with Crippen LogP contribution in [-0.4, -0.2) is 55.6 Å². The number of nitrogens with zero attached hydrogens (tertiary/aromatic N) is 4. The maximum Gasteiger partial charge on any atom is 0.258 e. The summed E-state index contributed by atoms with van der Waals surface area (Å²) in [5, 5.41) is 0. The molecule has 5 rings (SSSR count). The maximum atomic E-state index is 13.7. The Morgan fingerprint density at radius 1 is 0.853 bits per heavy atom. The van der Waals surface area contributed by atoms with E-state index in [1.165, 1.54) is 28.9 Å². The van der Waals surface area contributed by atoms with Crippen molar-refractivity contribution in [3.63, 3.8) is 0 Å². The largest absolute Gasteiger partial charge is 0.378 e. The second-order valence-corrected chi connectivity index (χ2v) is 10.5. The van der Waals surface area contributed by atoms with Crippen LogP contribution in [0.15, 0.2) is 65.5 Å². The van der Waals surface area contributed by atoms with Crippen LogP contribution in [0.3, 0.4) is 0 Å². The van der Waals surface area contributed by atoms with Crippen LogP contribution in [0.4, 0.5) is 5.69 Å². The smallest absolute Gasteiger partial charge is 0.258 e. The van der Waals surface area contributed by atoms with E-state index in [9.17, 15) is 4.79 Å². The van der Waals surface area contributed by atoms with Gasteiger partial charge in [-0.15, -0.1) is 0 Å². The summed E-state index contributed by atoms with van der Waals surface area (Å²) in [6.45, 7) is 4.69. The monoisotopic (exact) mass is 456 g/mol. The van der Waals surface area contributed by atoms with E-state index in [1.807, 2.05) is 6.07 Å². The molecule has 5 nitrogen and oxygen atoms in total. The fraction of sp³-hybridized carbons (Fsp3) is 0.414. The minimum absolute atomic E-state index is 0.172. The van der Waals surface area contributed by atoms with E-state index in [-0.39, 0.29) is 5.56 Å². The van der Waals surface area contributed by atoms with Gasteiger partial charge in [-0.1, -0.05) is 36.4 Å². The molecule has 1 aromatic heterocycles. The number of aromatic nitrogens is 1. The molecule has 34 heavy (non-hydrogen) atoms. The van der Waals surface area contributed by atoms with Crippen LogP contribution < -0.4 is 10.5 Å². The Morgan fingerprint density at radius 2 is 1.62 bits per heavy atom.